The molecular formula is C12H24O. The summed E-state index contributed by atoms with van der Waals surface area (Å²) in [6.07, 6.45) is 7.49. The summed E-state index contributed by atoms with van der Waals surface area (Å²) in [7, 11) is 1.79. The Kier molecular flexibility index (Phi) is 7.86. The van der Waals surface area contributed by atoms with Gasteiger partial charge < -0.3 is 4.74 Å². The van der Waals surface area contributed by atoms with Gasteiger partial charge in [0.1, 0.15) is 0 Å². The third kappa shape index (κ3) is 5.73. The average Bonchev–Trinajstić information content (AvgIpc) is 2.17. The molecule has 0 saturated carbocycles. The maximum absolute atomic E-state index is 5.36. The summed E-state index contributed by atoms with van der Waals surface area (Å²) in [4.78, 5) is 0. The Balaban J connectivity index is 3.72. The second kappa shape index (κ2) is 8.15. The topological polar surface area (TPSA) is 9.23 Å². The molecule has 0 aliphatic carbocycles. The van der Waals surface area contributed by atoms with Crippen molar-refractivity contribution in [3.63, 3.8) is 0 Å². The number of hydrogen-bond acceptors (Lipinski definition) is 1. The van der Waals surface area contributed by atoms with Crippen molar-refractivity contribution in [2.24, 2.45) is 0 Å². The molecule has 0 aromatic rings. The SMILES string of the molecule is CCCCCCC(OC)=C(C)CC. The van der Waals surface area contributed by atoms with Crippen molar-refractivity contribution in [3.8, 4) is 0 Å². The van der Waals surface area contributed by atoms with Gasteiger partial charge in [-0.15, -0.1) is 0 Å². The van der Waals surface area contributed by atoms with E-state index in [9.17, 15) is 0 Å². The van der Waals surface area contributed by atoms with Crippen LogP contribution in [0.4, 0.5) is 0 Å². The first kappa shape index (κ1) is 12.5. The molecule has 0 heterocycles. The van der Waals surface area contributed by atoms with Crippen molar-refractivity contribution in [1.29, 1.82) is 0 Å². The van der Waals surface area contributed by atoms with Crippen LogP contribution in [0.15, 0.2) is 11.3 Å². The van der Waals surface area contributed by atoms with Crippen LogP contribution in [0, 0.1) is 0 Å². The highest BCUT2D eigenvalue weighted by Crippen LogP contribution is 2.16. The van der Waals surface area contributed by atoms with Crippen LogP contribution < -0.4 is 0 Å². The highest BCUT2D eigenvalue weighted by atomic mass is 16.5. The van der Waals surface area contributed by atoms with Gasteiger partial charge in [0.25, 0.3) is 0 Å². The lowest BCUT2D eigenvalue weighted by molar-refractivity contribution is 0.268. The molecule has 0 unspecified atom stereocenters. The summed E-state index contributed by atoms with van der Waals surface area (Å²) in [6.45, 7) is 6.59. The minimum atomic E-state index is 1.11. The second-order valence-electron chi connectivity index (χ2n) is 3.57. The molecule has 0 spiro atoms. The van der Waals surface area contributed by atoms with Gasteiger partial charge in [0.05, 0.1) is 12.9 Å². The van der Waals surface area contributed by atoms with E-state index in [2.05, 4.69) is 20.8 Å². The normalized spacial score (nSPS) is 12.6. The predicted octanol–water partition coefficient (Wildman–Crippen LogP) is 4.29. The quantitative estimate of drug-likeness (QED) is 0.423. The molecule has 0 rings (SSSR count). The van der Waals surface area contributed by atoms with Gasteiger partial charge in [-0.1, -0.05) is 33.1 Å². The Morgan fingerprint density at radius 1 is 1.08 bits per heavy atom. The number of hydrogen-bond donors (Lipinski definition) is 0. The molecule has 0 fully saturated rings. The van der Waals surface area contributed by atoms with E-state index in [0.717, 1.165) is 12.8 Å². The Morgan fingerprint density at radius 2 is 1.77 bits per heavy atom. The van der Waals surface area contributed by atoms with Crippen LogP contribution in [0.1, 0.15) is 59.3 Å². The molecule has 0 N–H and O–H groups in total. The van der Waals surface area contributed by atoms with Crippen molar-refractivity contribution >= 4 is 0 Å². The molecular weight excluding hydrogens is 160 g/mol. The Labute approximate surface area is 83.2 Å². The van der Waals surface area contributed by atoms with E-state index in [4.69, 9.17) is 4.74 Å². The van der Waals surface area contributed by atoms with Crippen LogP contribution in [-0.2, 0) is 4.74 Å². The smallest absolute Gasteiger partial charge is 0.0944 e. The number of rotatable bonds is 7. The molecule has 0 saturated heterocycles. The molecule has 0 atom stereocenters. The van der Waals surface area contributed by atoms with Gasteiger partial charge in [-0.25, -0.2) is 0 Å². The molecule has 0 radical (unpaired) electrons. The molecule has 13 heavy (non-hydrogen) atoms. The van der Waals surface area contributed by atoms with Crippen LogP contribution in [0.5, 0.6) is 0 Å². The van der Waals surface area contributed by atoms with Gasteiger partial charge >= 0.3 is 0 Å². The number of unbranched alkanes of at least 4 members (excludes halogenated alkanes) is 3. The monoisotopic (exact) mass is 184 g/mol. The lowest BCUT2D eigenvalue weighted by atomic mass is 10.1. The predicted molar refractivity (Wildman–Crippen MR) is 58.8 cm³/mol. The van der Waals surface area contributed by atoms with Gasteiger partial charge in [0, 0.05) is 6.42 Å². The molecule has 78 valence electrons. The average molecular weight is 184 g/mol. The minimum Gasteiger partial charge on any atom is -0.501 e. The molecule has 0 aromatic heterocycles. The molecule has 1 heteroatoms. The van der Waals surface area contributed by atoms with Gasteiger partial charge in [-0.3, -0.25) is 0 Å². The maximum atomic E-state index is 5.36. The first-order chi connectivity index (χ1) is 6.26. The van der Waals surface area contributed by atoms with E-state index in [1.54, 1.807) is 7.11 Å². The zero-order chi connectivity index (χ0) is 10.1. The first-order valence-electron chi connectivity index (χ1n) is 5.48. The van der Waals surface area contributed by atoms with E-state index in [0.29, 0.717) is 0 Å². The lowest BCUT2D eigenvalue weighted by Crippen LogP contribution is -1.92. The van der Waals surface area contributed by atoms with Crippen LogP contribution in [0.25, 0.3) is 0 Å². The summed E-state index contributed by atoms with van der Waals surface area (Å²) in [5.74, 6) is 1.21. The van der Waals surface area contributed by atoms with Crippen molar-refractivity contribution in [1.82, 2.24) is 0 Å². The minimum absolute atomic E-state index is 1.11. The standard InChI is InChI=1S/C12H24O/c1-5-7-8-9-10-12(13-4)11(3)6-2/h5-10H2,1-4H3. The maximum Gasteiger partial charge on any atom is 0.0944 e. The van der Waals surface area contributed by atoms with E-state index in [1.807, 2.05) is 0 Å². The van der Waals surface area contributed by atoms with E-state index < -0.39 is 0 Å². The summed E-state index contributed by atoms with van der Waals surface area (Å²) in [6, 6.07) is 0. The lowest BCUT2D eigenvalue weighted by Gasteiger charge is -2.09. The largest absolute Gasteiger partial charge is 0.501 e. The zero-order valence-corrected chi connectivity index (χ0v) is 9.65. The summed E-state index contributed by atoms with van der Waals surface area (Å²) in [5.41, 5.74) is 1.40. The van der Waals surface area contributed by atoms with Crippen molar-refractivity contribution in [2.75, 3.05) is 7.11 Å². The first-order valence-corrected chi connectivity index (χ1v) is 5.48. The third-order valence-electron chi connectivity index (χ3n) is 2.51. The third-order valence-corrected chi connectivity index (χ3v) is 2.51. The second-order valence-corrected chi connectivity index (χ2v) is 3.57. The molecule has 0 aromatic carbocycles. The Morgan fingerprint density at radius 3 is 2.23 bits per heavy atom. The van der Waals surface area contributed by atoms with Crippen LogP contribution in [-0.4, -0.2) is 7.11 Å². The number of allylic oxidation sites excluding steroid dienone is 2. The molecule has 1 nitrogen and oxygen atoms in total. The van der Waals surface area contributed by atoms with Gasteiger partial charge in [-0.2, -0.15) is 0 Å². The van der Waals surface area contributed by atoms with Gasteiger partial charge in [0.2, 0.25) is 0 Å². The van der Waals surface area contributed by atoms with E-state index in [-0.39, 0.29) is 0 Å². The number of methoxy groups -OCH3 is 1. The van der Waals surface area contributed by atoms with E-state index in [1.165, 1.54) is 37.0 Å². The summed E-state index contributed by atoms with van der Waals surface area (Å²) >= 11 is 0. The fourth-order valence-corrected chi connectivity index (χ4v) is 1.40. The van der Waals surface area contributed by atoms with Crippen LogP contribution >= 0.6 is 0 Å². The van der Waals surface area contributed by atoms with Crippen LogP contribution in [0.3, 0.4) is 0 Å². The molecule has 0 aliphatic rings. The van der Waals surface area contributed by atoms with Gasteiger partial charge in [0.15, 0.2) is 0 Å². The fourth-order valence-electron chi connectivity index (χ4n) is 1.40. The van der Waals surface area contributed by atoms with E-state index >= 15 is 0 Å². The summed E-state index contributed by atoms with van der Waals surface area (Å²) in [5, 5.41) is 0. The van der Waals surface area contributed by atoms with Crippen molar-refractivity contribution in [3.05, 3.63) is 11.3 Å². The summed E-state index contributed by atoms with van der Waals surface area (Å²) < 4.78 is 5.36. The Hall–Kier alpha value is -0.460. The highest BCUT2D eigenvalue weighted by Gasteiger charge is 2.00. The van der Waals surface area contributed by atoms with Crippen molar-refractivity contribution in [2.45, 2.75) is 59.3 Å². The van der Waals surface area contributed by atoms with Crippen LogP contribution in [0.2, 0.25) is 0 Å². The van der Waals surface area contributed by atoms with Gasteiger partial charge in [-0.05, 0) is 25.3 Å². The molecule has 0 bridgehead atoms. The highest BCUT2D eigenvalue weighted by molar-refractivity contribution is 5.04. The number of ether oxygens (including phenoxy) is 1. The zero-order valence-electron chi connectivity index (χ0n) is 9.65. The molecule has 0 aliphatic heterocycles. The Bertz CT molecular complexity index is 147. The van der Waals surface area contributed by atoms with Crippen molar-refractivity contribution < 1.29 is 4.74 Å². The molecule has 0 amide bonds. The fraction of sp³-hybridized carbons (Fsp3) is 0.833.